The third kappa shape index (κ3) is 3.84. The summed E-state index contributed by atoms with van der Waals surface area (Å²) in [6.45, 7) is 1.24. The number of anilines is 1. The lowest BCUT2D eigenvalue weighted by atomic mass is 10.2. The zero-order valence-corrected chi connectivity index (χ0v) is 15.8. The molecule has 2 aromatic carbocycles. The van der Waals surface area contributed by atoms with Gasteiger partial charge in [0.1, 0.15) is 17.1 Å². The Balaban J connectivity index is 1.97. The molecule has 0 fully saturated rings. The van der Waals surface area contributed by atoms with Gasteiger partial charge >= 0.3 is 0 Å². The summed E-state index contributed by atoms with van der Waals surface area (Å²) in [6.07, 6.45) is 0. The molecule has 7 heteroatoms. The Hall–Kier alpha value is -2.51. The van der Waals surface area contributed by atoms with E-state index < -0.39 is 0 Å². The van der Waals surface area contributed by atoms with Gasteiger partial charge in [-0.1, -0.05) is 17.4 Å². The van der Waals surface area contributed by atoms with Crippen LogP contribution in [0.2, 0.25) is 0 Å². The quantitative estimate of drug-likeness (QED) is 0.720. The van der Waals surface area contributed by atoms with Crippen LogP contribution in [0.5, 0.6) is 5.75 Å². The van der Waals surface area contributed by atoms with Gasteiger partial charge in [0.15, 0.2) is 5.13 Å². The molecule has 0 saturated carbocycles. The number of amides is 1. The van der Waals surface area contributed by atoms with E-state index in [0.29, 0.717) is 28.5 Å². The van der Waals surface area contributed by atoms with Gasteiger partial charge in [0.05, 0.1) is 39.0 Å². The second kappa shape index (κ2) is 7.80. The molecule has 0 radical (unpaired) electrons. The number of nitrogens with one attached hydrogen (secondary N) is 1. The van der Waals surface area contributed by atoms with Crippen LogP contribution in [-0.2, 0) is 0 Å². The molecule has 0 atom stereocenters. The van der Waals surface area contributed by atoms with E-state index in [-0.39, 0.29) is 11.7 Å². The number of nitrogens with zero attached hydrogens (tertiary/aromatic N) is 2. The fourth-order valence-electron chi connectivity index (χ4n) is 2.53. The normalized spacial score (nSPS) is 11.1. The summed E-state index contributed by atoms with van der Waals surface area (Å²) in [5.74, 6) is 0.154. The molecule has 3 rings (SSSR count). The van der Waals surface area contributed by atoms with Gasteiger partial charge in [-0.05, 0) is 36.4 Å². The maximum Gasteiger partial charge on any atom is 0.260 e. The van der Waals surface area contributed by atoms with Crippen molar-refractivity contribution in [3.8, 4) is 5.75 Å². The fraction of sp³-hybridized carbons (Fsp3) is 0.263. The Morgan fingerprint density at radius 2 is 1.96 bits per heavy atom. The first-order valence-electron chi connectivity index (χ1n) is 8.29. The van der Waals surface area contributed by atoms with E-state index in [0.717, 1.165) is 11.2 Å². The molecule has 0 aliphatic heterocycles. The molecule has 136 valence electrons. The lowest BCUT2D eigenvalue weighted by molar-refractivity contribution is -0.856. The maximum atomic E-state index is 14.0. The minimum atomic E-state index is -0.375. The molecule has 1 aromatic heterocycles. The number of likely N-dealkylation sites (N-methyl/N-ethyl adjacent to an activating group) is 1. The molecular formula is C19H21FN3O2S+. The maximum absolute atomic E-state index is 14.0. The smallest absolute Gasteiger partial charge is 0.260 e. The number of hydrogen-bond acceptors (Lipinski definition) is 4. The van der Waals surface area contributed by atoms with Crippen LogP contribution < -0.4 is 14.5 Å². The Labute approximate surface area is 155 Å². The summed E-state index contributed by atoms with van der Waals surface area (Å²) in [5.41, 5.74) is 0.844. The van der Waals surface area contributed by atoms with Crippen LogP contribution in [0.25, 0.3) is 10.2 Å². The number of rotatable bonds is 6. The van der Waals surface area contributed by atoms with Gasteiger partial charge in [-0.25, -0.2) is 9.37 Å². The number of thiazole rings is 1. The number of quaternary nitrogens is 1. The third-order valence-corrected chi connectivity index (χ3v) is 5.05. The Morgan fingerprint density at radius 3 is 2.58 bits per heavy atom. The number of carbonyl (C=O) groups is 1. The van der Waals surface area contributed by atoms with Crippen molar-refractivity contribution in [2.45, 2.75) is 0 Å². The van der Waals surface area contributed by atoms with Crippen molar-refractivity contribution in [1.82, 2.24) is 4.98 Å². The molecule has 0 bridgehead atoms. The molecule has 0 saturated heterocycles. The summed E-state index contributed by atoms with van der Waals surface area (Å²) in [6, 6.07) is 11.8. The summed E-state index contributed by atoms with van der Waals surface area (Å²) in [4.78, 5) is 20.3. The Kier molecular flexibility index (Phi) is 5.49. The molecule has 0 spiro atoms. The minimum Gasteiger partial charge on any atom is -0.497 e. The first-order chi connectivity index (χ1) is 12.5. The lowest BCUT2D eigenvalue weighted by Crippen LogP contribution is -3.06. The lowest BCUT2D eigenvalue weighted by Gasteiger charge is -2.20. The SMILES string of the molecule is COc1ccc(C(=O)N(CC[NH+](C)C)c2nc3c(F)cccc3s2)cc1. The van der Waals surface area contributed by atoms with Gasteiger partial charge in [0, 0.05) is 5.56 Å². The number of hydrogen-bond donors (Lipinski definition) is 1. The predicted molar refractivity (Wildman–Crippen MR) is 102 cm³/mol. The molecule has 0 unspecified atom stereocenters. The van der Waals surface area contributed by atoms with Crippen molar-refractivity contribution in [2.24, 2.45) is 0 Å². The summed E-state index contributed by atoms with van der Waals surface area (Å²) in [7, 11) is 5.63. The molecule has 5 nitrogen and oxygen atoms in total. The van der Waals surface area contributed by atoms with Crippen molar-refractivity contribution in [1.29, 1.82) is 0 Å². The average Bonchev–Trinajstić information content (AvgIpc) is 3.07. The molecule has 1 amide bonds. The van der Waals surface area contributed by atoms with Gasteiger partial charge < -0.3 is 9.64 Å². The van der Waals surface area contributed by atoms with Crippen molar-refractivity contribution < 1.29 is 18.8 Å². The van der Waals surface area contributed by atoms with Gasteiger partial charge in [-0.15, -0.1) is 0 Å². The predicted octanol–water partition coefficient (Wildman–Crippen LogP) is 2.24. The van der Waals surface area contributed by atoms with E-state index in [9.17, 15) is 9.18 Å². The van der Waals surface area contributed by atoms with E-state index in [2.05, 4.69) is 4.98 Å². The first kappa shape index (κ1) is 18.3. The van der Waals surface area contributed by atoms with E-state index in [1.54, 1.807) is 42.3 Å². The van der Waals surface area contributed by atoms with Gasteiger partial charge in [0.2, 0.25) is 0 Å². The second-order valence-electron chi connectivity index (χ2n) is 6.23. The molecule has 0 aliphatic rings. The summed E-state index contributed by atoms with van der Waals surface area (Å²) in [5, 5.41) is 0.507. The number of para-hydroxylation sites is 1. The second-order valence-corrected chi connectivity index (χ2v) is 7.23. The zero-order chi connectivity index (χ0) is 18.7. The third-order valence-electron chi connectivity index (χ3n) is 4.01. The van der Waals surface area contributed by atoms with Crippen LogP contribution in [-0.4, -0.2) is 45.2 Å². The van der Waals surface area contributed by atoms with Gasteiger partial charge in [0.25, 0.3) is 5.91 Å². The van der Waals surface area contributed by atoms with Crippen LogP contribution in [0.15, 0.2) is 42.5 Å². The average molecular weight is 374 g/mol. The van der Waals surface area contributed by atoms with E-state index in [1.165, 1.54) is 22.3 Å². The van der Waals surface area contributed by atoms with Crippen molar-refractivity contribution >= 4 is 32.6 Å². The van der Waals surface area contributed by atoms with Crippen molar-refractivity contribution in [3.05, 3.63) is 53.8 Å². The Morgan fingerprint density at radius 1 is 1.23 bits per heavy atom. The first-order valence-corrected chi connectivity index (χ1v) is 9.11. The summed E-state index contributed by atoms with van der Waals surface area (Å²) >= 11 is 1.32. The van der Waals surface area contributed by atoms with E-state index in [1.807, 2.05) is 20.2 Å². The van der Waals surface area contributed by atoms with Crippen LogP contribution >= 0.6 is 11.3 Å². The molecule has 26 heavy (non-hydrogen) atoms. The highest BCUT2D eigenvalue weighted by Crippen LogP contribution is 2.31. The highest BCUT2D eigenvalue weighted by molar-refractivity contribution is 7.22. The van der Waals surface area contributed by atoms with Crippen LogP contribution in [0.4, 0.5) is 9.52 Å². The molecule has 0 aliphatic carbocycles. The standard InChI is InChI=1S/C19H20FN3O2S/c1-22(2)11-12-23(18(24)13-7-9-14(25-3)10-8-13)19-21-17-15(20)5-4-6-16(17)26-19/h4-10H,11-12H2,1-3H3/p+1. The molecule has 1 N–H and O–H groups in total. The van der Waals surface area contributed by atoms with Crippen LogP contribution in [0.3, 0.4) is 0 Å². The fourth-order valence-corrected chi connectivity index (χ4v) is 3.53. The summed E-state index contributed by atoms with van der Waals surface area (Å²) < 4.78 is 19.9. The number of carbonyl (C=O) groups excluding carboxylic acids is 1. The number of benzene rings is 2. The van der Waals surface area contributed by atoms with Crippen LogP contribution in [0.1, 0.15) is 10.4 Å². The number of methoxy groups -OCH3 is 1. The van der Waals surface area contributed by atoms with Crippen molar-refractivity contribution in [2.75, 3.05) is 39.2 Å². The van der Waals surface area contributed by atoms with Gasteiger partial charge in [-0.3, -0.25) is 9.69 Å². The number of aromatic nitrogens is 1. The topological polar surface area (TPSA) is 46.9 Å². The molecular weight excluding hydrogens is 353 g/mol. The largest absolute Gasteiger partial charge is 0.497 e. The number of fused-ring (bicyclic) bond motifs is 1. The minimum absolute atomic E-state index is 0.159. The van der Waals surface area contributed by atoms with E-state index >= 15 is 0 Å². The zero-order valence-electron chi connectivity index (χ0n) is 15.0. The Bertz CT molecular complexity index is 909. The number of ether oxygens (including phenoxy) is 1. The highest BCUT2D eigenvalue weighted by Gasteiger charge is 2.23. The van der Waals surface area contributed by atoms with Gasteiger partial charge in [-0.2, -0.15) is 0 Å². The number of halogens is 1. The van der Waals surface area contributed by atoms with E-state index in [4.69, 9.17) is 4.74 Å². The monoisotopic (exact) mass is 374 g/mol. The molecule has 1 heterocycles. The van der Waals surface area contributed by atoms with Crippen molar-refractivity contribution in [3.63, 3.8) is 0 Å². The highest BCUT2D eigenvalue weighted by atomic mass is 32.1. The van der Waals surface area contributed by atoms with Crippen LogP contribution in [0, 0.1) is 5.82 Å². The molecule has 3 aromatic rings.